The van der Waals surface area contributed by atoms with Gasteiger partial charge < -0.3 is 9.84 Å². The molecule has 1 atom stereocenters. The fraction of sp³-hybridized carbons (Fsp3) is 0.346. The Labute approximate surface area is 198 Å². The standard InChI is InChI=1S/C26H28N4O4/c1-34-18-6-7-23-22(16-18)19(8-9-27-23)24(31)17-29-12-10-28(11-13-29)14-15-30-25(32)20-4-2-3-5-21(20)26(30)33/h2-9,16,24,31H,10-15,17H2,1H3/t24-/m1/s1. The van der Waals surface area contributed by atoms with Crippen molar-refractivity contribution in [2.45, 2.75) is 6.10 Å². The predicted molar refractivity (Wildman–Crippen MR) is 128 cm³/mol. The number of carbonyl (C=O) groups excluding carboxylic acids is 2. The second-order valence-electron chi connectivity index (χ2n) is 8.75. The Kier molecular flexibility index (Phi) is 6.28. The molecule has 176 valence electrons. The van der Waals surface area contributed by atoms with E-state index in [9.17, 15) is 14.7 Å². The van der Waals surface area contributed by atoms with Gasteiger partial charge in [-0.25, -0.2) is 0 Å². The minimum atomic E-state index is -0.637. The van der Waals surface area contributed by atoms with Crippen LogP contribution in [0.2, 0.25) is 0 Å². The maximum absolute atomic E-state index is 12.6. The highest BCUT2D eigenvalue weighted by Crippen LogP contribution is 2.27. The van der Waals surface area contributed by atoms with E-state index < -0.39 is 6.10 Å². The number of methoxy groups -OCH3 is 1. The fourth-order valence-corrected chi connectivity index (χ4v) is 4.79. The van der Waals surface area contributed by atoms with E-state index in [0.717, 1.165) is 48.4 Å². The van der Waals surface area contributed by atoms with Crippen molar-refractivity contribution in [2.24, 2.45) is 0 Å². The zero-order chi connectivity index (χ0) is 23.7. The summed E-state index contributed by atoms with van der Waals surface area (Å²) in [5, 5.41) is 11.9. The van der Waals surface area contributed by atoms with Gasteiger partial charge in [0.05, 0.1) is 29.9 Å². The molecular weight excluding hydrogens is 432 g/mol. The minimum Gasteiger partial charge on any atom is -0.497 e. The van der Waals surface area contributed by atoms with Gasteiger partial charge >= 0.3 is 0 Å². The SMILES string of the molecule is COc1ccc2nccc([C@H](O)CN3CCN(CCN4C(=O)c5ccccc5C4=O)CC3)c2c1. The normalized spacial score (nSPS) is 17.9. The number of piperazine rings is 1. The van der Waals surface area contributed by atoms with Crippen LogP contribution in [0.15, 0.2) is 54.7 Å². The van der Waals surface area contributed by atoms with E-state index >= 15 is 0 Å². The third-order valence-corrected chi connectivity index (χ3v) is 6.76. The summed E-state index contributed by atoms with van der Waals surface area (Å²) in [7, 11) is 1.63. The first-order valence-corrected chi connectivity index (χ1v) is 11.6. The van der Waals surface area contributed by atoms with Crippen molar-refractivity contribution in [2.75, 3.05) is 52.9 Å². The Morgan fingerprint density at radius 1 is 0.941 bits per heavy atom. The molecule has 0 bridgehead atoms. The first-order chi connectivity index (χ1) is 16.5. The van der Waals surface area contributed by atoms with E-state index in [1.807, 2.05) is 24.3 Å². The zero-order valence-electron chi connectivity index (χ0n) is 19.2. The summed E-state index contributed by atoms with van der Waals surface area (Å²) in [6, 6.07) is 14.5. The van der Waals surface area contributed by atoms with Crippen molar-refractivity contribution in [3.05, 3.63) is 71.4 Å². The Bertz CT molecular complexity index is 1190. The lowest BCUT2D eigenvalue weighted by Gasteiger charge is -2.36. The average Bonchev–Trinajstić information content (AvgIpc) is 3.12. The van der Waals surface area contributed by atoms with Crippen LogP contribution in [0, 0.1) is 0 Å². The summed E-state index contributed by atoms with van der Waals surface area (Å²) < 4.78 is 5.34. The fourth-order valence-electron chi connectivity index (χ4n) is 4.79. The van der Waals surface area contributed by atoms with Gasteiger partial charge in [0.25, 0.3) is 11.8 Å². The molecule has 0 aliphatic carbocycles. The van der Waals surface area contributed by atoms with Crippen molar-refractivity contribution in [3.8, 4) is 5.75 Å². The topological polar surface area (TPSA) is 86.2 Å². The third-order valence-electron chi connectivity index (χ3n) is 6.76. The molecule has 1 aromatic heterocycles. The molecule has 2 aromatic carbocycles. The Hall–Kier alpha value is -3.33. The number of ether oxygens (including phenoxy) is 1. The largest absolute Gasteiger partial charge is 0.497 e. The van der Waals surface area contributed by atoms with Gasteiger partial charge in [-0.15, -0.1) is 0 Å². The van der Waals surface area contributed by atoms with E-state index in [0.29, 0.717) is 30.8 Å². The van der Waals surface area contributed by atoms with Gasteiger partial charge in [-0.3, -0.25) is 29.3 Å². The summed E-state index contributed by atoms with van der Waals surface area (Å²) in [5.41, 5.74) is 2.66. The Morgan fingerprint density at radius 2 is 1.62 bits per heavy atom. The molecule has 0 spiro atoms. The van der Waals surface area contributed by atoms with E-state index in [1.165, 1.54) is 4.90 Å². The number of hydrogen-bond acceptors (Lipinski definition) is 7. The molecule has 34 heavy (non-hydrogen) atoms. The number of benzene rings is 2. The number of β-amino-alcohol motifs (C(OH)–C–C–N with tert-alkyl or cyclic N) is 1. The van der Waals surface area contributed by atoms with Crippen LogP contribution in [-0.2, 0) is 0 Å². The van der Waals surface area contributed by atoms with Crippen molar-refractivity contribution in [1.29, 1.82) is 0 Å². The van der Waals surface area contributed by atoms with Crippen LogP contribution < -0.4 is 4.74 Å². The van der Waals surface area contributed by atoms with Crippen molar-refractivity contribution in [3.63, 3.8) is 0 Å². The molecule has 0 saturated carbocycles. The maximum atomic E-state index is 12.6. The first kappa shape index (κ1) is 22.5. The number of aromatic nitrogens is 1. The quantitative estimate of drug-likeness (QED) is 0.541. The van der Waals surface area contributed by atoms with E-state index in [-0.39, 0.29) is 11.8 Å². The second kappa shape index (κ2) is 9.50. The molecule has 3 heterocycles. The number of carbonyl (C=O) groups is 2. The van der Waals surface area contributed by atoms with Crippen LogP contribution in [0.3, 0.4) is 0 Å². The highest BCUT2D eigenvalue weighted by molar-refractivity contribution is 6.21. The summed E-state index contributed by atoms with van der Waals surface area (Å²) in [6.45, 7) is 4.83. The molecule has 0 radical (unpaired) electrons. The number of aliphatic hydroxyl groups excluding tert-OH is 1. The lowest BCUT2D eigenvalue weighted by atomic mass is 10.0. The lowest BCUT2D eigenvalue weighted by Crippen LogP contribution is -2.49. The van der Waals surface area contributed by atoms with Crippen LogP contribution in [0.5, 0.6) is 5.75 Å². The molecule has 5 rings (SSSR count). The van der Waals surface area contributed by atoms with Gasteiger partial charge in [0.2, 0.25) is 0 Å². The van der Waals surface area contributed by atoms with E-state index in [2.05, 4.69) is 14.8 Å². The summed E-state index contributed by atoms with van der Waals surface area (Å²) >= 11 is 0. The maximum Gasteiger partial charge on any atom is 0.261 e. The highest BCUT2D eigenvalue weighted by atomic mass is 16.5. The minimum absolute atomic E-state index is 0.205. The molecule has 2 aliphatic heterocycles. The molecule has 3 aromatic rings. The predicted octanol–water partition coefficient (Wildman–Crippen LogP) is 2.19. The molecule has 0 unspecified atom stereocenters. The third kappa shape index (κ3) is 4.27. The highest BCUT2D eigenvalue weighted by Gasteiger charge is 2.35. The van der Waals surface area contributed by atoms with Crippen LogP contribution in [-0.4, -0.2) is 89.5 Å². The van der Waals surface area contributed by atoms with Gasteiger partial charge in [-0.1, -0.05) is 12.1 Å². The molecule has 1 saturated heterocycles. The second-order valence-corrected chi connectivity index (χ2v) is 8.75. The van der Waals surface area contributed by atoms with Gasteiger partial charge in [-0.2, -0.15) is 0 Å². The van der Waals surface area contributed by atoms with Crippen LogP contribution in [0.4, 0.5) is 0 Å². The molecule has 8 heteroatoms. The van der Waals surface area contributed by atoms with Crippen LogP contribution in [0.25, 0.3) is 10.9 Å². The van der Waals surface area contributed by atoms with Gasteiger partial charge in [0.15, 0.2) is 0 Å². The molecule has 1 N–H and O–H groups in total. The molecule has 1 fully saturated rings. The number of fused-ring (bicyclic) bond motifs is 2. The van der Waals surface area contributed by atoms with Gasteiger partial charge in [0.1, 0.15) is 5.75 Å². The smallest absolute Gasteiger partial charge is 0.261 e. The number of amides is 2. The number of rotatable bonds is 7. The summed E-state index contributed by atoms with van der Waals surface area (Å²) in [6.07, 6.45) is 1.09. The van der Waals surface area contributed by atoms with Gasteiger partial charge in [0, 0.05) is 57.4 Å². The Balaban J connectivity index is 1.15. The molecule has 2 aliphatic rings. The van der Waals surface area contributed by atoms with Crippen molar-refractivity contribution < 1.29 is 19.4 Å². The van der Waals surface area contributed by atoms with E-state index in [1.54, 1.807) is 37.6 Å². The van der Waals surface area contributed by atoms with Crippen LogP contribution in [0.1, 0.15) is 32.4 Å². The number of hydrogen-bond donors (Lipinski definition) is 1. The van der Waals surface area contributed by atoms with Crippen molar-refractivity contribution in [1.82, 2.24) is 19.7 Å². The molecular formula is C26H28N4O4. The first-order valence-electron chi connectivity index (χ1n) is 11.6. The van der Waals surface area contributed by atoms with E-state index in [4.69, 9.17) is 4.74 Å². The lowest BCUT2D eigenvalue weighted by molar-refractivity contribution is 0.0564. The average molecular weight is 461 g/mol. The zero-order valence-corrected chi connectivity index (χ0v) is 19.2. The van der Waals surface area contributed by atoms with Crippen LogP contribution >= 0.6 is 0 Å². The number of aliphatic hydroxyl groups is 1. The molecule has 8 nitrogen and oxygen atoms in total. The Morgan fingerprint density at radius 3 is 2.29 bits per heavy atom. The number of pyridine rings is 1. The summed E-state index contributed by atoms with van der Waals surface area (Å²) in [5.74, 6) is 0.327. The number of imide groups is 1. The summed E-state index contributed by atoms with van der Waals surface area (Å²) in [4.78, 5) is 35.4. The molecule has 2 amide bonds. The monoisotopic (exact) mass is 460 g/mol. The van der Waals surface area contributed by atoms with Gasteiger partial charge in [-0.05, 0) is 42.0 Å². The van der Waals surface area contributed by atoms with Crippen molar-refractivity contribution >= 4 is 22.7 Å². The number of nitrogens with zero attached hydrogens (tertiary/aromatic N) is 4.